The van der Waals surface area contributed by atoms with Crippen molar-refractivity contribution in [3.63, 3.8) is 0 Å². The van der Waals surface area contributed by atoms with Crippen molar-refractivity contribution in [3.8, 4) is 10.6 Å². The third-order valence-corrected chi connectivity index (χ3v) is 7.26. The van der Waals surface area contributed by atoms with E-state index in [4.69, 9.17) is 0 Å². The lowest BCUT2D eigenvalue weighted by Crippen LogP contribution is -2.42. The first-order chi connectivity index (χ1) is 14.4. The van der Waals surface area contributed by atoms with Crippen LogP contribution in [0.5, 0.6) is 0 Å². The fraction of sp³-hybridized carbons (Fsp3) is 0.542. The molecule has 30 heavy (non-hydrogen) atoms. The Kier molecular flexibility index (Phi) is 7.64. The van der Waals surface area contributed by atoms with Crippen LogP contribution in [-0.4, -0.2) is 41.3 Å². The number of aromatic nitrogens is 1. The Morgan fingerprint density at radius 2 is 1.87 bits per heavy atom. The zero-order chi connectivity index (χ0) is 21.7. The second kappa shape index (κ2) is 10.2. The van der Waals surface area contributed by atoms with Gasteiger partial charge in [0.1, 0.15) is 9.88 Å². The molecule has 3 rings (SSSR count). The molecule has 1 atom stereocenters. The van der Waals surface area contributed by atoms with E-state index in [0.717, 1.165) is 53.4 Å². The largest absolute Gasteiger partial charge is 0.356 e. The molecule has 1 aromatic heterocycles. The second-order valence-electron chi connectivity index (χ2n) is 8.36. The number of hydrogen-bond acceptors (Lipinski definition) is 4. The van der Waals surface area contributed by atoms with Crippen molar-refractivity contribution in [3.05, 3.63) is 40.4 Å². The summed E-state index contributed by atoms with van der Waals surface area (Å²) in [7, 11) is 0. The molecule has 1 N–H and O–H groups in total. The van der Waals surface area contributed by atoms with Crippen LogP contribution in [0.4, 0.5) is 0 Å². The van der Waals surface area contributed by atoms with E-state index in [1.54, 1.807) is 0 Å². The lowest BCUT2D eigenvalue weighted by Gasteiger charge is -2.34. The molecule has 0 bridgehead atoms. The Morgan fingerprint density at radius 1 is 1.20 bits per heavy atom. The van der Waals surface area contributed by atoms with Gasteiger partial charge in [-0.2, -0.15) is 0 Å². The number of unbranched alkanes of at least 4 members (excludes halogenated alkanes) is 1. The molecule has 6 heteroatoms. The van der Waals surface area contributed by atoms with Gasteiger partial charge in [-0.3, -0.25) is 9.59 Å². The van der Waals surface area contributed by atoms with Crippen LogP contribution in [0, 0.1) is 25.7 Å². The minimum absolute atomic E-state index is 0.00242. The standard InChI is InChI=1S/C24H33N3O2S/c1-5-6-13-25-22(28)17(3)19-11-14-27(15-12-19)24(29)21-18(4)26-23(30-21)20-9-7-16(2)8-10-20/h7-10,17,19H,5-6,11-15H2,1-4H3,(H,25,28)/t17-/m0/s1. The van der Waals surface area contributed by atoms with E-state index in [0.29, 0.717) is 19.0 Å². The number of likely N-dealkylation sites (tertiary alicyclic amines) is 1. The van der Waals surface area contributed by atoms with Gasteiger partial charge in [-0.15, -0.1) is 11.3 Å². The number of carbonyl (C=O) groups is 2. The SMILES string of the molecule is CCCCNC(=O)[C@@H](C)C1CCN(C(=O)c2sc(-c3ccc(C)cc3)nc2C)CC1. The zero-order valence-corrected chi connectivity index (χ0v) is 19.3. The lowest BCUT2D eigenvalue weighted by molar-refractivity contribution is -0.126. The molecule has 162 valence electrons. The van der Waals surface area contributed by atoms with Crippen molar-refractivity contribution in [2.24, 2.45) is 11.8 Å². The molecule has 0 aliphatic carbocycles. The van der Waals surface area contributed by atoms with Crippen molar-refractivity contribution in [2.75, 3.05) is 19.6 Å². The fourth-order valence-electron chi connectivity index (χ4n) is 3.92. The summed E-state index contributed by atoms with van der Waals surface area (Å²) in [5.74, 6) is 0.551. The van der Waals surface area contributed by atoms with Crippen LogP contribution in [-0.2, 0) is 4.79 Å². The van der Waals surface area contributed by atoms with E-state index in [9.17, 15) is 9.59 Å². The van der Waals surface area contributed by atoms with Gasteiger partial charge >= 0.3 is 0 Å². The highest BCUT2D eigenvalue weighted by Crippen LogP contribution is 2.31. The Balaban J connectivity index is 1.59. The molecule has 1 aromatic carbocycles. The molecule has 0 unspecified atom stereocenters. The minimum atomic E-state index is -0.00242. The summed E-state index contributed by atoms with van der Waals surface area (Å²) in [6, 6.07) is 8.25. The molecule has 0 spiro atoms. The van der Waals surface area contributed by atoms with Crippen molar-refractivity contribution in [1.29, 1.82) is 0 Å². The summed E-state index contributed by atoms with van der Waals surface area (Å²) < 4.78 is 0. The highest BCUT2D eigenvalue weighted by atomic mass is 32.1. The van der Waals surface area contributed by atoms with Crippen LogP contribution in [0.15, 0.2) is 24.3 Å². The van der Waals surface area contributed by atoms with Crippen LogP contribution < -0.4 is 5.32 Å². The number of nitrogens with one attached hydrogen (secondary N) is 1. The van der Waals surface area contributed by atoms with Crippen LogP contribution in [0.25, 0.3) is 10.6 Å². The lowest BCUT2D eigenvalue weighted by atomic mass is 9.84. The number of piperidine rings is 1. The van der Waals surface area contributed by atoms with Gasteiger partial charge < -0.3 is 10.2 Å². The van der Waals surface area contributed by atoms with E-state index >= 15 is 0 Å². The molecule has 1 aliphatic heterocycles. The minimum Gasteiger partial charge on any atom is -0.356 e. The normalized spacial score (nSPS) is 15.8. The summed E-state index contributed by atoms with van der Waals surface area (Å²) in [6.45, 7) is 10.3. The van der Waals surface area contributed by atoms with Crippen LogP contribution in [0.3, 0.4) is 0 Å². The highest BCUT2D eigenvalue weighted by molar-refractivity contribution is 7.17. The summed E-state index contributed by atoms with van der Waals surface area (Å²) in [4.78, 5) is 32.8. The highest BCUT2D eigenvalue weighted by Gasteiger charge is 2.31. The number of hydrogen-bond donors (Lipinski definition) is 1. The number of aryl methyl sites for hydroxylation is 2. The third kappa shape index (κ3) is 5.28. The van der Waals surface area contributed by atoms with Crippen molar-refractivity contribution >= 4 is 23.2 Å². The number of thiazole rings is 1. The molecule has 2 amide bonds. The van der Waals surface area contributed by atoms with Crippen LogP contribution in [0.1, 0.15) is 60.5 Å². The monoisotopic (exact) mass is 427 g/mol. The molecular formula is C24H33N3O2S. The molecule has 2 heterocycles. The average Bonchev–Trinajstić information content (AvgIpc) is 3.15. The van der Waals surface area contributed by atoms with Gasteiger partial charge in [0.15, 0.2) is 0 Å². The number of benzene rings is 1. The predicted molar refractivity (Wildman–Crippen MR) is 123 cm³/mol. The molecule has 1 saturated heterocycles. The molecule has 0 saturated carbocycles. The Hall–Kier alpha value is -2.21. The maximum atomic E-state index is 13.1. The molecule has 2 aromatic rings. The van der Waals surface area contributed by atoms with Crippen LogP contribution in [0.2, 0.25) is 0 Å². The van der Waals surface area contributed by atoms with Gasteiger partial charge in [0.25, 0.3) is 5.91 Å². The Morgan fingerprint density at radius 3 is 2.50 bits per heavy atom. The number of rotatable bonds is 7. The molecule has 5 nitrogen and oxygen atoms in total. The van der Waals surface area contributed by atoms with Gasteiger partial charge in [0.05, 0.1) is 5.69 Å². The number of carbonyl (C=O) groups excluding carboxylic acids is 2. The molecule has 1 fully saturated rings. The van der Waals surface area contributed by atoms with Crippen molar-refractivity contribution in [1.82, 2.24) is 15.2 Å². The van der Waals surface area contributed by atoms with Crippen molar-refractivity contribution < 1.29 is 9.59 Å². The molecular weight excluding hydrogens is 394 g/mol. The second-order valence-corrected chi connectivity index (χ2v) is 9.36. The summed E-state index contributed by atoms with van der Waals surface area (Å²) in [5, 5.41) is 3.94. The zero-order valence-electron chi connectivity index (χ0n) is 18.5. The van der Waals surface area contributed by atoms with Gasteiger partial charge in [-0.05, 0) is 39.0 Å². The quantitative estimate of drug-likeness (QED) is 0.644. The van der Waals surface area contributed by atoms with Crippen molar-refractivity contribution in [2.45, 2.75) is 53.4 Å². The molecule has 1 aliphatic rings. The maximum Gasteiger partial charge on any atom is 0.265 e. The van der Waals surface area contributed by atoms with E-state index in [1.807, 2.05) is 18.7 Å². The van der Waals surface area contributed by atoms with E-state index < -0.39 is 0 Å². The summed E-state index contributed by atoms with van der Waals surface area (Å²) in [5.41, 5.74) is 3.06. The van der Waals surface area contributed by atoms with E-state index in [-0.39, 0.29) is 17.7 Å². The van der Waals surface area contributed by atoms with Gasteiger partial charge in [-0.1, -0.05) is 50.1 Å². The van der Waals surface area contributed by atoms with Gasteiger partial charge in [0.2, 0.25) is 5.91 Å². The number of amides is 2. The number of nitrogens with zero attached hydrogens (tertiary/aromatic N) is 2. The first-order valence-electron chi connectivity index (χ1n) is 11.0. The molecule has 0 radical (unpaired) electrons. The average molecular weight is 428 g/mol. The predicted octanol–water partition coefficient (Wildman–Crippen LogP) is 4.83. The van der Waals surface area contributed by atoms with Gasteiger partial charge in [-0.25, -0.2) is 4.98 Å². The van der Waals surface area contributed by atoms with Gasteiger partial charge in [0, 0.05) is 31.1 Å². The van der Waals surface area contributed by atoms with E-state index in [2.05, 4.69) is 48.4 Å². The first kappa shape index (κ1) is 22.5. The summed E-state index contributed by atoms with van der Waals surface area (Å²) >= 11 is 1.48. The smallest absolute Gasteiger partial charge is 0.265 e. The summed E-state index contributed by atoms with van der Waals surface area (Å²) in [6.07, 6.45) is 3.84. The fourth-order valence-corrected chi connectivity index (χ4v) is 4.96. The Bertz CT molecular complexity index is 867. The third-order valence-electron chi connectivity index (χ3n) is 6.07. The van der Waals surface area contributed by atoms with Crippen LogP contribution >= 0.6 is 11.3 Å². The maximum absolute atomic E-state index is 13.1. The first-order valence-corrected chi connectivity index (χ1v) is 11.8. The van der Waals surface area contributed by atoms with E-state index in [1.165, 1.54) is 16.9 Å². The Labute approximate surface area is 183 Å². The topological polar surface area (TPSA) is 62.3 Å².